The van der Waals surface area contributed by atoms with Crippen LogP contribution < -0.4 is 0 Å². The van der Waals surface area contributed by atoms with Crippen molar-refractivity contribution in [2.45, 2.75) is 0 Å². The van der Waals surface area contributed by atoms with Gasteiger partial charge in [-0.15, -0.1) is 5.10 Å². The minimum atomic E-state index is 0.797. The summed E-state index contributed by atoms with van der Waals surface area (Å²) in [5.74, 6) is 1.62. The van der Waals surface area contributed by atoms with E-state index in [0.717, 1.165) is 28.4 Å². The van der Waals surface area contributed by atoms with Crippen molar-refractivity contribution in [1.29, 1.82) is 0 Å². The van der Waals surface area contributed by atoms with Crippen molar-refractivity contribution < 1.29 is 0 Å². The van der Waals surface area contributed by atoms with Crippen molar-refractivity contribution in [2.75, 3.05) is 0 Å². The Morgan fingerprint density at radius 1 is 0.952 bits per heavy atom. The van der Waals surface area contributed by atoms with Crippen LogP contribution in [0.3, 0.4) is 0 Å². The fourth-order valence-electron chi connectivity index (χ4n) is 2.44. The zero-order valence-corrected chi connectivity index (χ0v) is 11.7. The number of nitrogens with zero attached hydrogens (tertiary/aromatic N) is 7. The summed E-state index contributed by atoms with van der Waals surface area (Å²) in [6.07, 6.45) is 7.35. The molecule has 0 aliphatic rings. The maximum Gasteiger partial charge on any atom is 0.181 e. The third-order valence-corrected chi connectivity index (χ3v) is 3.53. The molecule has 7 heteroatoms. The van der Waals surface area contributed by atoms with Gasteiger partial charge in [0.1, 0.15) is 5.52 Å². The molecule has 0 radical (unpaired) electrons. The lowest BCUT2D eigenvalue weighted by Crippen LogP contribution is -2.01. The number of aryl methyl sites for hydroxylation is 2. The maximum absolute atomic E-state index is 4.42. The molecule has 0 aliphatic carbocycles. The number of benzene rings is 1. The highest BCUT2D eigenvalue weighted by Gasteiger charge is 2.12. The smallest absolute Gasteiger partial charge is 0.181 e. The van der Waals surface area contributed by atoms with Crippen molar-refractivity contribution in [3.63, 3.8) is 0 Å². The first-order valence-corrected chi connectivity index (χ1v) is 6.55. The number of hydrogen-bond donors (Lipinski definition) is 0. The Labute approximate surface area is 120 Å². The van der Waals surface area contributed by atoms with Gasteiger partial charge < -0.3 is 4.57 Å². The molecule has 0 bridgehead atoms. The molecular formula is C14H13N7. The molecule has 0 N–H and O–H groups in total. The van der Waals surface area contributed by atoms with E-state index in [-0.39, 0.29) is 0 Å². The van der Waals surface area contributed by atoms with Gasteiger partial charge in [0.2, 0.25) is 0 Å². The molecule has 104 valence electrons. The lowest BCUT2D eigenvalue weighted by Gasteiger charge is -2.07. The van der Waals surface area contributed by atoms with Gasteiger partial charge in [-0.05, 0) is 18.2 Å². The minimum Gasteiger partial charge on any atom is -0.331 e. The molecule has 0 aliphatic heterocycles. The second kappa shape index (κ2) is 4.27. The Hall–Kier alpha value is -2.96. The average molecular weight is 279 g/mol. The van der Waals surface area contributed by atoms with Gasteiger partial charge in [0.05, 0.1) is 5.52 Å². The molecule has 4 rings (SSSR count). The van der Waals surface area contributed by atoms with E-state index in [4.69, 9.17) is 0 Å². The van der Waals surface area contributed by atoms with Crippen LogP contribution in [-0.4, -0.2) is 34.1 Å². The second-order valence-electron chi connectivity index (χ2n) is 4.87. The van der Waals surface area contributed by atoms with E-state index in [1.54, 1.807) is 17.1 Å². The second-order valence-corrected chi connectivity index (χ2v) is 4.87. The average Bonchev–Trinajstić information content (AvgIpc) is 3.19. The maximum atomic E-state index is 4.42. The van der Waals surface area contributed by atoms with Crippen LogP contribution in [0.25, 0.3) is 28.4 Å². The summed E-state index contributed by atoms with van der Waals surface area (Å²) in [6.45, 7) is 0. The number of hydrogen-bond acceptors (Lipinski definition) is 4. The molecule has 21 heavy (non-hydrogen) atoms. The third kappa shape index (κ3) is 1.74. The monoisotopic (exact) mass is 279 g/mol. The molecule has 0 amide bonds. The number of imidazole rings is 2. The van der Waals surface area contributed by atoms with Crippen molar-refractivity contribution >= 4 is 11.0 Å². The van der Waals surface area contributed by atoms with Crippen molar-refractivity contribution in [1.82, 2.24) is 34.1 Å². The van der Waals surface area contributed by atoms with Gasteiger partial charge in [0.25, 0.3) is 0 Å². The molecule has 4 aromatic rings. The lowest BCUT2D eigenvalue weighted by atomic mass is 10.2. The molecule has 0 saturated heterocycles. The highest BCUT2D eigenvalue weighted by molar-refractivity contribution is 5.77. The fourth-order valence-corrected chi connectivity index (χ4v) is 2.44. The van der Waals surface area contributed by atoms with Crippen LogP contribution >= 0.6 is 0 Å². The van der Waals surface area contributed by atoms with Crippen LogP contribution in [0, 0.1) is 0 Å². The summed E-state index contributed by atoms with van der Waals surface area (Å²) in [5.41, 5.74) is 2.84. The van der Waals surface area contributed by atoms with Gasteiger partial charge in [0.15, 0.2) is 11.6 Å². The first-order valence-electron chi connectivity index (χ1n) is 6.55. The van der Waals surface area contributed by atoms with Crippen LogP contribution in [0.2, 0.25) is 0 Å². The molecule has 0 unspecified atom stereocenters. The molecule has 0 saturated carbocycles. The summed E-state index contributed by atoms with van der Waals surface area (Å²) in [6, 6.07) is 6.03. The van der Waals surface area contributed by atoms with Gasteiger partial charge in [0, 0.05) is 44.6 Å². The SMILES string of the molecule is Cn1ccnc1-c1nccn1-c1ccc2c(c1)nnn2C. The Morgan fingerprint density at radius 2 is 1.76 bits per heavy atom. The predicted molar refractivity (Wildman–Crippen MR) is 77.8 cm³/mol. The Morgan fingerprint density at radius 3 is 2.57 bits per heavy atom. The van der Waals surface area contributed by atoms with Gasteiger partial charge >= 0.3 is 0 Å². The summed E-state index contributed by atoms with van der Waals surface area (Å²) in [5, 5.41) is 8.19. The van der Waals surface area contributed by atoms with Crippen LogP contribution in [0.5, 0.6) is 0 Å². The highest BCUT2D eigenvalue weighted by Crippen LogP contribution is 2.22. The van der Waals surface area contributed by atoms with Gasteiger partial charge in [-0.1, -0.05) is 5.21 Å². The molecule has 0 atom stereocenters. The van der Waals surface area contributed by atoms with E-state index in [1.807, 2.05) is 53.8 Å². The quantitative estimate of drug-likeness (QED) is 0.558. The van der Waals surface area contributed by atoms with Crippen LogP contribution in [0.15, 0.2) is 43.0 Å². The van der Waals surface area contributed by atoms with E-state index in [1.165, 1.54) is 0 Å². The highest BCUT2D eigenvalue weighted by atomic mass is 15.4. The summed E-state index contributed by atoms with van der Waals surface area (Å²) in [7, 11) is 3.83. The molecule has 3 aromatic heterocycles. The minimum absolute atomic E-state index is 0.797. The zero-order chi connectivity index (χ0) is 14.4. The normalized spacial score (nSPS) is 11.3. The van der Waals surface area contributed by atoms with E-state index < -0.39 is 0 Å². The fraction of sp³-hybridized carbons (Fsp3) is 0.143. The molecule has 3 heterocycles. The van der Waals surface area contributed by atoms with Gasteiger partial charge in [-0.3, -0.25) is 4.57 Å². The molecule has 1 aromatic carbocycles. The van der Waals surface area contributed by atoms with Crippen LogP contribution in [-0.2, 0) is 14.1 Å². The van der Waals surface area contributed by atoms with E-state index in [9.17, 15) is 0 Å². The van der Waals surface area contributed by atoms with Crippen molar-refractivity contribution in [2.24, 2.45) is 14.1 Å². The summed E-state index contributed by atoms with van der Waals surface area (Å²) >= 11 is 0. The first kappa shape index (κ1) is 11.8. The lowest BCUT2D eigenvalue weighted by molar-refractivity contribution is 0.736. The summed E-state index contributed by atoms with van der Waals surface area (Å²) in [4.78, 5) is 8.78. The van der Waals surface area contributed by atoms with Gasteiger partial charge in [-0.25, -0.2) is 14.6 Å². The standard InChI is InChI=1S/C14H13N7/c1-19-7-5-15-13(19)14-16-6-8-21(14)10-3-4-12-11(9-10)17-18-20(12)2/h3-9H,1-2H3. The molecule has 0 fully saturated rings. The predicted octanol–water partition coefficient (Wildman–Crippen LogP) is 1.55. The molecule has 0 spiro atoms. The first-order chi connectivity index (χ1) is 10.2. The Bertz CT molecular complexity index is 928. The summed E-state index contributed by atoms with van der Waals surface area (Å²) < 4.78 is 5.70. The topological polar surface area (TPSA) is 66.3 Å². The van der Waals surface area contributed by atoms with Crippen LogP contribution in [0.4, 0.5) is 0 Å². The number of aromatic nitrogens is 7. The van der Waals surface area contributed by atoms with Crippen LogP contribution in [0.1, 0.15) is 0 Å². The van der Waals surface area contributed by atoms with Crippen molar-refractivity contribution in [3.8, 4) is 17.3 Å². The Balaban J connectivity index is 1.90. The van der Waals surface area contributed by atoms with E-state index in [2.05, 4.69) is 20.3 Å². The van der Waals surface area contributed by atoms with E-state index in [0.29, 0.717) is 0 Å². The third-order valence-electron chi connectivity index (χ3n) is 3.53. The Kier molecular flexibility index (Phi) is 2.41. The zero-order valence-electron chi connectivity index (χ0n) is 11.7. The largest absolute Gasteiger partial charge is 0.331 e. The van der Waals surface area contributed by atoms with Crippen molar-refractivity contribution in [3.05, 3.63) is 43.0 Å². The molecule has 7 nitrogen and oxygen atoms in total. The van der Waals surface area contributed by atoms with Gasteiger partial charge in [-0.2, -0.15) is 0 Å². The van der Waals surface area contributed by atoms with E-state index >= 15 is 0 Å². The molecular weight excluding hydrogens is 266 g/mol. The number of rotatable bonds is 2. The number of fused-ring (bicyclic) bond motifs is 1.